The number of nitrogens with one attached hydrogen (secondary N) is 1. The van der Waals surface area contributed by atoms with Gasteiger partial charge in [0.25, 0.3) is 0 Å². The summed E-state index contributed by atoms with van der Waals surface area (Å²) in [5, 5.41) is 3.35. The van der Waals surface area contributed by atoms with Crippen molar-refractivity contribution >= 4 is 0 Å². The van der Waals surface area contributed by atoms with Crippen LogP contribution in [0.25, 0.3) is 0 Å². The lowest BCUT2D eigenvalue weighted by molar-refractivity contribution is 0.274. The van der Waals surface area contributed by atoms with E-state index in [-0.39, 0.29) is 0 Å². The van der Waals surface area contributed by atoms with Crippen LogP contribution >= 0.6 is 0 Å². The Labute approximate surface area is 101 Å². The highest BCUT2D eigenvalue weighted by molar-refractivity contribution is 5.43. The number of allylic oxidation sites excluding steroid dienone is 5. The van der Waals surface area contributed by atoms with Crippen molar-refractivity contribution in [3.63, 3.8) is 0 Å². The monoisotopic (exact) mass is 225 g/mol. The summed E-state index contributed by atoms with van der Waals surface area (Å²) in [6, 6.07) is 8.30. The second kappa shape index (κ2) is 4.50. The van der Waals surface area contributed by atoms with Crippen LogP contribution in [0.5, 0.6) is 5.75 Å². The van der Waals surface area contributed by atoms with E-state index >= 15 is 0 Å². The third-order valence-corrected chi connectivity index (χ3v) is 3.18. The van der Waals surface area contributed by atoms with E-state index in [9.17, 15) is 0 Å². The van der Waals surface area contributed by atoms with Crippen LogP contribution < -0.4 is 10.1 Å². The zero-order valence-electron chi connectivity index (χ0n) is 9.60. The standard InChI is InChI=1S/C15H15NO/c1-2-7-14(16-10-5-1)12-9-11-17-15-8-4-3-6-13(12)15/h1-8,10,12,16H,9,11H2. The second-order valence-corrected chi connectivity index (χ2v) is 4.24. The Hall–Kier alpha value is -1.96. The molecule has 0 spiro atoms. The molecule has 0 aromatic heterocycles. The van der Waals surface area contributed by atoms with Gasteiger partial charge in [0, 0.05) is 23.4 Å². The summed E-state index contributed by atoms with van der Waals surface area (Å²) in [7, 11) is 0. The van der Waals surface area contributed by atoms with Gasteiger partial charge >= 0.3 is 0 Å². The number of fused-ring (bicyclic) bond motifs is 1. The van der Waals surface area contributed by atoms with Gasteiger partial charge in [-0.1, -0.05) is 30.4 Å². The first-order valence-corrected chi connectivity index (χ1v) is 5.97. The normalized spacial score (nSPS) is 21.9. The molecule has 1 aromatic carbocycles. The summed E-state index contributed by atoms with van der Waals surface area (Å²) in [5.41, 5.74) is 2.52. The molecule has 0 aliphatic carbocycles. The number of hydrogen-bond donors (Lipinski definition) is 1. The lowest BCUT2D eigenvalue weighted by atomic mass is 9.90. The van der Waals surface area contributed by atoms with Crippen LogP contribution in [0.15, 0.2) is 60.5 Å². The zero-order valence-corrected chi connectivity index (χ0v) is 9.60. The first-order valence-electron chi connectivity index (χ1n) is 5.97. The molecule has 2 aliphatic heterocycles. The van der Waals surface area contributed by atoms with Crippen molar-refractivity contribution in [1.29, 1.82) is 0 Å². The molecule has 0 saturated carbocycles. The predicted octanol–water partition coefficient (Wildman–Crippen LogP) is 3.11. The Kier molecular flexibility index (Phi) is 2.70. The van der Waals surface area contributed by atoms with Gasteiger partial charge in [0.2, 0.25) is 0 Å². The van der Waals surface area contributed by atoms with E-state index in [1.807, 2.05) is 30.5 Å². The summed E-state index contributed by atoms with van der Waals surface area (Å²) in [6.07, 6.45) is 11.3. The van der Waals surface area contributed by atoms with Crippen molar-refractivity contribution in [2.24, 2.45) is 0 Å². The summed E-state index contributed by atoms with van der Waals surface area (Å²) in [4.78, 5) is 0. The Morgan fingerprint density at radius 2 is 2.06 bits per heavy atom. The molecule has 86 valence electrons. The molecular weight excluding hydrogens is 210 g/mol. The van der Waals surface area contributed by atoms with Crippen molar-refractivity contribution in [2.75, 3.05) is 6.61 Å². The largest absolute Gasteiger partial charge is 0.493 e. The van der Waals surface area contributed by atoms with Gasteiger partial charge in [0.1, 0.15) is 5.75 Å². The van der Waals surface area contributed by atoms with E-state index in [2.05, 4.69) is 29.6 Å². The van der Waals surface area contributed by atoms with E-state index in [1.54, 1.807) is 0 Å². The molecular formula is C15H15NO. The Balaban J connectivity index is 1.97. The maximum Gasteiger partial charge on any atom is 0.123 e. The topological polar surface area (TPSA) is 21.3 Å². The van der Waals surface area contributed by atoms with Gasteiger partial charge in [-0.15, -0.1) is 0 Å². The maximum atomic E-state index is 5.68. The van der Waals surface area contributed by atoms with E-state index in [0.29, 0.717) is 5.92 Å². The quantitative estimate of drug-likeness (QED) is 0.793. The number of ether oxygens (including phenoxy) is 1. The minimum absolute atomic E-state index is 0.410. The van der Waals surface area contributed by atoms with Crippen molar-refractivity contribution in [3.8, 4) is 5.75 Å². The van der Waals surface area contributed by atoms with Crippen LogP contribution in [0.4, 0.5) is 0 Å². The highest BCUT2D eigenvalue weighted by Crippen LogP contribution is 2.37. The summed E-state index contributed by atoms with van der Waals surface area (Å²) < 4.78 is 5.68. The predicted molar refractivity (Wildman–Crippen MR) is 68.8 cm³/mol. The van der Waals surface area contributed by atoms with Crippen molar-refractivity contribution in [3.05, 3.63) is 66.0 Å². The lowest BCUT2D eigenvalue weighted by Gasteiger charge is -2.27. The van der Waals surface area contributed by atoms with Crippen LogP contribution in [0.2, 0.25) is 0 Å². The number of rotatable bonds is 1. The van der Waals surface area contributed by atoms with Crippen LogP contribution in [0.1, 0.15) is 17.9 Å². The third kappa shape index (κ3) is 1.98. The van der Waals surface area contributed by atoms with E-state index in [0.717, 1.165) is 18.8 Å². The molecule has 17 heavy (non-hydrogen) atoms. The van der Waals surface area contributed by atoms with Gasteiger partial charge in [-0.05, 0) is 24.6 Å². The van der Waals surface area contributed by atoms with Crippen LogP contribution in [0.3, 0.4) is 0 Å². The molecule has 0 fully saturated rings. The fourth-order valence-corrected chi connectivity index (χ4v) is 2.35. The highest BCUT2D eigenvalue weighted by Gasteiger charge is 2.23. The molecule has 2 aliphatic rings. The summed E-state index contributed by atoms with van der Waals surface area (Å²) in [5.74, 6) is 1.43. The minimum atomic E-state index is 0.410. The molecule has 2 nitrogen and oxygen atoms in total. The molecule has 0 radical (unpaired) electrons. The van der Waals surface area contributed by atoms with Crippen molar-refractivity contribution < 1.29 is 4.74 Å². The fourth-order valence-electron chi connectivity index (χ4n) is 2.35. The second-order valence-electron chi connectivity index (χ2n) is 4.24. The fraction of sp³-hybridized carbons (Fsp3) is 0.200. The summed E-state index contributed by atoms with van der Waals surface area (Å²) >= 11 is 0. The minimum Gasteiger partial charge on any atom is -0.493 e. The van der Waals surface area contributed by atoms with E-state index < -0.39 is 0 Å². The Morgan fingerprint density at radius 3 is 3.06 bits per heavy atom. The first-order chi connectivity index (χ1) is 8.45. The van der Waals surface area contributed by atoms with Crippen LogP contribution in [-0.4, -0.2) is 6.61 Å². The summed E-state index contributed by atoms with van der Waals surface area (Å²) in [6.45, 7) is 0.786. The SMILES string of the molecule is C1=CC=C(C2CCOc3ccccc32)NC=C1. The van der Waals surface area contributed by atoms with E-state index in [1.165, 1.54) is 11.3 Å². The zero-order chi connectivity index (χ0) is 11.5. The lowest BCUT2D eigenvalue weighted by Crippen LogP contribution is -2.21. The first kappa shape index (κ1) is 10.2. The third-order valence-electron chi connectivity index (χ3n) is 3.18. The molecule has 1 unspecified atom stereocenters. The molecule has 1 N–H and O–H groups in total. The number of hydrogen-bond acceptors (Lipinski definition) is 2. The maximum absolute atomic E-state index is 5.68. The van der Waals surface area contributed by atoms with Gasteiger partial charge in [-0.25, -0.2) is 0 Å². The van der Waals surface area contributed by atoms with Crippen LogP contribution in [-0.2, 0) is 0 Å². The number of benzene rings is 1. The van der Waals surface area contributed by atoms with Crippen molar-refractivity contribution in [1.82, 2.24) is 5.32 Å². The molecule has 0 amide bonds. The van der Waals surface area contributed by atoms with Gasteiger partial charge in [-0.3, -0.25) is 0 Å². The van der Waals surface area contributed by atoms with Gasteiger partial charge < -0.3 is 10.1 Å². The Bertz CT molecular complexity index is 499. The Morgan fingerprint density at radius 1 is 1.12 bits per heavy atom. The smallest absolute Gasteiger partial charge is 0.123 e. The molecule has 1 aromatic rings. The molecule has 0 saturated heterocycles. The van der Waals surface area contributed by atoms with Crippen molar-refractivity contribution in [2.45, 2.75) is 12.3 Å². The molecule has 2 heteroatoms. The average molecular weight is 225 g/mol. The van der Waals surface area contributed by atoms with E-state index in [4.69, 9.17) is 4.74 Å². The van der Waals surface area contributed by atoms with Gasteiger partial charge in [0.15, 0.2) is 0 Å². The molecule has 2 heterocycles. The molecule has 3 rings (SSSR count). The highest BCUT2D eigenvalue weighted by atomic mass is 16.5. The molecule has 0 bridgehead atoms. The molecule has 1 atom stereocenters. The average Bonchev–Trinajstić information content (AvgIpc) is 2.67. The van der Waals surface area contributed by atoms with Crippen LogP contribution in [0, 0.1) is 0 Å². The van der Waals surface area contributed by atoms with Gasteiger partial charge in [0.05, 0.1) is 6.61 Å². The van der Waals surface area contributed by atoms with Gasteiger partial charge in [-0.2, -0.15) is 0 Å². The number of para-hydroxylation sites is 1.